The first-order valence-electron chi connectivity index (χ1n) is 32.9. The van der Waals surface area contributed by atoms with Gasteiger partial charge < -0.3 is 54.5 Å². The third-order valence-electron chi connectivity index (χ3n) is 17.5. The molecule has 0 bridgehead atoms. The van der Waals surface area contributed by atoms with E-state index in [-0.39, 0.29) is 75.7 Å². The molecule has 4 aromatic carbocycles. The first-order chi connectivity index (χ1) is 45.7. The summed E-state index contributed by atoms with van der Waals surface area (Å²) in [4.78, 5) is 63.9. The minimum atomic E-state index is -0.897. The number of anilines is 1. The van der Waals surface area contributed by atoms with Crippen molar-refractivity contribution in [1.29, 1.82) is 0 Å². The number of aromatic nitrogens is 4. The molecule has 4 aliphatic heterocycles. The number of piperidine rings is 4. The number of nitrogen functional groups attached to an aromatic ring is 1. The normalized spacial score (nSPS) is 17.0. The average molecular weight is 1350 g/mol. The van der Waals surface area contributed by atoms with Crippen molar-refractivity contribution < 1.29 is 60.7 Å². The zero-order valence-electron chi connectivity index (χ0n) is 58.1. The van der Waals surface area contributed by atoms with E-state index in [9.17, 15) is 46.6 Å². The van der Waals surface area contributed by atoms with E-state index in [4.69, 9.17) is 29.4 Å². The first-order valence-corrected chi connectivity index (χ1v) is 32.9. The quantitative estimate of drug-likeness (QED) is 0.0913. The van der Waals surface area contributed by atoms with Gasteiger partial charge in [0.1, 0.15) is 40.3 Å². The highest BCUT2D eigenvalue weighted by molar-refractivity contribution is 5.78. The number of hydrogen-bond donors (Lipinski definition) is 3. The summed E-state index contributed by atoms with van der Waals surface area (Å²) in [5.74, 6) is -0.616. The fourth-order valence-electron chi connectivity index (χ4n) is 12.0. The Bertz CT molecular complexity index is 3620. The second kappa shape index (κ2) is 35.5. The van der Waals surface area contributed by atoms with Gasteiger partial charge in [-0.15, -0.1) is 0 Å². The average Bonchev–Trinajstić information content (AvgIpc) is 0.873. The number of benzene rings is 4. The van der Waals surface area contributed by atoms with Crippen molar-refractivity contribution in [3.63, 3.8) is 0 Å². The number of rotatable bonds is 13. The summed E-state index contributed by atoms with van der Waals surface area (Å²) >= 11 is 0. The van der Waals surface area contributed by atoms with Gasteiger partial charge in [0, 0.05) is 113 Å². The van der Waals surface area contributed by atoms with Crippen molar-refractivity contribution in [2.24, 2.45) is 14.1 Å². The lowest BCUT2D eigenvalue weighted by Gasteiger charge is -2.41. The summed E-state index contributed by atoms with van der Waals surface area (Å²) in [6, 6.07) is 32.1. The minimum absolute atomic E-state index is 0.0170. The summed E-state index contributed by atoms with van der Waals surface area (Å²) in [5.41, 5.74) is 6.31. The van der Waals surface area contributed by atoms with Crippen LogP contribution in [0.3, 0.4) is 0 Å². The van der Waals surface area contributed by atoms with Crippen molar-refractivity contribution in [3.05, 3.63) is 193 Å². The van der Waals surface area contributed by atoms with Crippen LogP contribution in [-0.4, -0.2) is 165 Å². The number of methoxy groups -OCH3 is 3. The van der Waals surface area contributed by atoms with Crippen LogP contribution in [-0.2, 0) is 74.7 Å². The van der Waals surface area contributed by atoms with Gasteiger partial charge in [-0.25, -0.2) is 36.5 Å². The Balaban J connectivity index is 0.000000198. The number of amides is 3. The molecule has 0 spiro atoms. The highest BCUT2D eigenvalue weighted by Gasteiger charge is 2.40. The van der Waals surface area contributed by atoms with Gasteiger partial charge in [0.25, 0.3) is 11.1 Å². The van der Waals surface area contributed by atoms with Crippen LogP contribution in [0.1, 0.15) is 121 Å². The molecule has 0 aliphatic carbocycles. The molecule has 4 fully saturated rings. The van der Waals surface area contributed by atoms with E-state index in [0.29, 0.717) is 109 Å². The van der Waals surface area contributed by atoms with Gasteiger partial charge in [-0.2, -0.15) is 10.2 Å². The standard InChI is InChI=1S/C20H24FN3O3.C18H26FNO3.C17H24FNO3.C13H18FNO.C5H7N3O/c1-23-18(25)7-6-17(22-23)13-19(26)24-10-8-20(27-2,9-11-24)14-15-4-3-5-16(21)12-15;1-17(2,3)23-16(21)20-10-8-18(22-4,9-11-20)13-14-6-5-7-15(19)12-14;1-16(2,3)22-15(20)19-9-7-17(21,8-10-19)12-13-5-4-6-14(18)11-13;1-16-13(5-7-15-8-6-13)10-11-3-2-4-12(14)9-11;1-8-5(9)3-2-4(6)7-8/h3-7,12H,8-11,13-14H2,1-2H3;5-7,12H,8-11,13H2,1-4H3;4-6,11,21H,7-10,12H2,1-3H3;2-4,9,15H,5-8,10H2,1H3;2-3H,1H3,(H2,6,7). The maximum atomic E-state index is 13.5. The smallest absolute Gasteiger partial charge is 0.410 e. The van der Waals surface area contributed by atoms with Crippen molar-refractivity contribution in [2.75, 3.05) is 79.4 Å². The summed E-state index contributed by atoms with van der Waals surface area (Å²) in [6.07, 6.45) is 7.67. The van der Waals surface area contributed by atoms with Crippen molar-refractivity contribution in [3.8, 4) is 0 Å². The second-order valence-corrected chi connectivity index (χ2v) is 27.4. The minimum Gasteiger partial charge on any atom is -0.444 e. The third-order valence-corrected chi connectivity index (χ3v) is 17.5. The molecule has 4 aliphatic rings. The Kier molecular flexibility index (Phi) is 28.5. The maximum absolute atomic E-state index is 13.5. The molecule has 3 amide bonds. The molecule has 20 nitrogen and oxygen atoms in total. The van der Waals surface area contributed by atoms with E-state index in [2.05, 4.69) is 15.5 Å². The Morgan fingerprint density at radius 3 is 1.18 bits per heavy atom. The molecule has 0 unspecified atom stereocenters. The van der Waals surface area contributed by atoms with E-state index >= 15 is 0 Å². The van der Waals surface area contributed by atoms with Crippen LogP contribution in [0.5, 0.6) is 0 Å². The molecule has 6 heterocycles. The summed E-state index contributed by atoms with van der Waals surface area (Å²) in [6.45, 7) is 16.2. The number of nitrogens with one attached hydrogen (secondary N) is 1. The SMILES string of the molecule is CC(C)(C)OC(=O)N1CCC(O)(Cc2cccc(F)c2)CC1.COC1(Cc2cccc(F)c2)CCN(C(=O)Cc2ccc(=O)n(C)n2)CC1.COC1(Cc2cccc(F)c2)CCN(C(=O)OC(C)(C)C)CC1.COC1(Cc2cccc(F)c2)CCNCC1.Cn1nc(N)ccc1=O. The van der Waals surface area contributed by atoms with Crippen molar-refractivity contribution >= 4 is 23.9 Å². The number of hydrogen-bond acceptors (Lipinski definition) is 15. The topological polar surface area (TPSA) is 235 Å². The monoisotopic (exact) mass is 1350 g/mol. The zero-order valence-corrected chi connectivity index (χ0v) is 58.1. The summed E-state index contributed by atoms with van der Waals surface area (Å²) in [5, 5.41) is 21.7. The largest absolute Gasteiger partial charge is 0.444 e. The number of carbonyl (C=O) groups excluding carboxylic acids is 3. The second-order valence-electron chi connectivity index (χ2n) is 27.4. The Morgan fingerprint density at radius 1 is 0.495 bits per heavy atom. The van der Waals surface area contributed by atoms with Crippen LogP contribution in [0.15, 0.2) is 131 Å². The molecule has 97 heavy (non-hydrogen) atoms. The van der Waals surface area contributed by atoms with Crippen LogP contribution in [0, 0.1) is 23.3 Å². The van der Waals surface area contributed by atoms with E-state index in [1.54, 1.807) is 98.7 Å². The zero-order chi connectivity index (χ0) is 71.2. The number of carbonyl (C=O) groups is 3. The molecule has 0 atom stereocenters. The molecule has 4 saturated heterocycles. The number of nitrogens with zero attached hydrogens (tertiary/aromatic N) is 7. The van der Waals surface area contributed by atoms with Gasteiger partial charge in [-0.05, 0) is 189 Å². The van der Waals surface area contributed by atoms with Gasteiger partial charge in [0.05, 0.1) is 34.5 Å². The van der Waals surface area contributed by atoms with Crippen molar-refractivity contribution in [2.45, 2.75) is 159 Å². The molecule has 4 N–H and O–H groups in total. The molecule has 0 radical (unpaired) electrons. The van der Waals surface area contributed by atoms with E-state index in [0.717, 1.165) is 54.6 Å². The molecule has 530 valence electrons. The van der Waals surface area contributed by atoms with Crippen LogP contribution < -0.4 is 22.2 Å². The van der Waals surface area contributed by atoms with Gasteiger partial charge in [0.2, 0.25) is 5.91 Å². The maximum Gasteiger partial charge on any atom is 0.410 e. The number of halogens is 4. The third kappa shape index (κ3) is 25.7. The predicted molar refractivity (Wildman–Crippen MR) is 364 cm³/mol. The molecule has 24 heteroatoms. The molecular formula is C73H99F4N9O11. The number of nitrogens with two attached hydrogens (primary N) is 1. The number of aryl methyl sites for hydroxylation is 2. The van der Waals surface area contributed by atoms with E-state index in [1.807, 2.05) is 59.7 Å². The van der Waals surface area contributed by atoms with Gasteiger partial charge in [-0.1, -0.05) is 48.5 Å². The van der Waals surface area contributed by atoms with Crippen LogP contribution in [0.25, 0.3) is 0 Å². The number of likely N-dealkylation sites (tertiary alicyclic amines) is 3. The molecule has 6 aromatic rings. The molecule has 2 aromatic heterocycles. The molecular weight excluding hydrogens is 1250 g/mol. The van der Waals surface area contributed by atoms with E-state index < -0.39 is 16.8 Å². The number of ether oxygens (including phenoxy) is 5. The Morgan fingerprint density at radius 2 is 0.835 bits per heavy atom. The van der Waals surface area contributed by atoms with Gasteiger partial charge in [-0.3, -0.25) is 14.4 Å². The predicted octanol–water partition coefficient (Wildman–Crippen LogP) is 10.1. The lowest BCUT2D eigenvalue weighted by Crippen LogP contribution is -2.49. The van der Waals surface area contributed by atoms with E-state index in [1.165, 1.54) is 64.0 Å². The number of aliphatic hydroxyl groups is 1. The lowest BCUT2D eigenvalue weighted by molar-refractivity contribution is -0.136. The summed E-state index contributed by atoms with van der Waals surface area (Å²) < 4.78 is 83.5. The van der Waals surface area contributed by atoms with Crippen LogP contribution >= 0.6 is 0 Å². The highest BCUT2D eigenvalue weighted by Crippen LogP contribution is 2.34. The summed E-state index contributed by atoms with van der Waals surface area (Å²) in [7, 11) is 8.23. The molecule has 10 rings (SSSR count). The Labute approximate surface area is 567 Å². The van der Waals surface area contributed by atoms with Crippen LogP contribution in [0.2, 0.25) is 0 Å². The van der Waals surface area contributed by atoms with Gasteiger partial charge >= 0.3 is 12.2 Å². The van der Waals surface area contributed by atoms with Gasteiger partial charge in [0.15, 0.2) is 0 Å². The molecule has 0 saturated carbocycles. The fraction of sp³-hybridized carbons (Fsp3) is 0.521. The van der Waals surface area contributed by atoms with Crippen LogP contribution in [0.4, 0.5) is 33.0 Å². The first kappa shape index (κ1) is 78.0. The Hall–Kier alpha value is -8.03. The highest BCUT2D eigenvalue weighted by atomic mass is 19.1. The lowest BCUT2D eigenvalue weighted by atomic mass is 9.85. The van der Waals surface area contributed by atoms with Crippen molar-refractivity contribution in [1.82, 2.24) is 39.6 Å². The fourth-order valence-corrected chi connectivity index (χ4v) is 12.0.